The lowest BCUT2D eigenvalue weighted by Gasteiger charge is -2.25. The zero-order chi connectivity index (χ0) is 25.3. The Hall–Kier alpha value is -3.48. The summed E-state index contributed by atoms with van der Waals surface area (Å²) < 4.78 is 10.9. The predicted molar refractivity (Wildman–Crippen MR) is 136 cm³/mol. The third-order valence-electron chi connectivity index (χ3n) is 5.52. The van der Waals surface area contributed by atoms with Crippen LogP contribution in [0.5, 0.6) is 11.5 Å². The van der Waals surface area contributed by atoms with Crippen LogP contribution in [0, 0.1) is 0 Å². The summed E-state index contributed by atoms with van der Waals surface area (Å²) in [5.41, 5.74) is 1.27. The lowest BCUT2D eigenvalue weighted by molar-refractivity contribution is -0.132. The van der Waals surface area contributed by atoms with E-state index in [1.54, 1.807) is 48.5 Å². The van der Waals surface area contributed by atoms with Gasteiger partial charge in [-0.15, -0.1) is 0 Å². The molecule has 0 radical (unpaired) electrons. The summed E-state index contributed by atoms with van der Waals surface area (Å²) in [6.45, 7) is 3.83. The Morgan fingerprint density at radius 1 is 0.971 bits per heavy atom. The van der Waals surface area contributed by atoms with Crippen LogP contribution < -0.4 is 14.4 Å². The zero-order valence-corrected chi connectivity index (χ0v) is 20.8. The number of rotatable bonds is 6. The third-order valence-corrected chi connectivity index (χ3v) is 6.08. The molecule has 4 rings (SSSR count). The van der Waals surface area contributed by atoms with E-state index < -0.39 is 17.7 Å². The minimum atomic E-state index is -0.868. The molecule has 1 fully saturated rings. The highest BCUT2D eigenvalue weighted by atomic mass is 35.5. The smallest absolute Gasteiger partial charge is 0.300 e. The Morgan fingerprint density at radius 2 is 1.57 bits per heavy atom. The molecule has 1 aliphatic rings. The molecule has 3 aromatic rings. The second kappa shape index (κ2) is 10.0. The number of carbonyl (C=O) groups is 2. The Morgan fingerprint density at radius 3 is 2.11 bits per heavy atom. The average molecular weight is 512 g/mol. The van der Waals surface area contributed by atoms with Gasteiger partial charge in [0, 0.05) is 11.3 Å². The highest BCUT2D eigenvalue weighted by molar-refractivity contribution is 6.51. The fourth-order valence-corrected chi connectivity index (χ4v) is 4.70. The number of aliphatic hydroxyl groups is 1. The number of hydrogen-bond donors (Lipinski definition) is 1. The van der Waals surface area contributed by atoms with E-state index in [1.807, 2.05) is 19.9 Å². The molecular formula is C27H23Cl2NO5. The van der Waals surface area contributed by atoms with Crippen molar-refractivity contribution in [1.82, 2.24) is 0 Å². The van der Waals surface area contributed by atoms with Crippen molar-refractivity contribution in [2.24, 2.45) is 0 Å². The predicted octanol–water partition coefficient (Wildman–Crippen LogP) is 6.42. The van der Waals surface area contributed by atoms with E-state index in [9.17, 15) is 14.7 Å². The molecule has 35 heavy (non-hydrogen) atoms. The second-order valence-corrected chi connectivity index (χ2v) is 9.03. The first-order chi connectivity index (χ1) is 16.7. The molecule has 1 saturated heterocycles. The van der Waals surface area contributed by atoms with Gasteiger partial charge >= 0.3 is 0 Å². The molecule has 1 aliphatic heterocycles. The van der Waals surface area contributed by atoms with Gasteiger partial charge < -0.3 is 14.6 Å². The fraction of sp³-hybridized carbons (Fsp3) is 0.185. The molecule has 0 spiro atoms. The highest BCUT2D eigenvalue weighted by Crippen LogP contribution is 2.44. The van der Waals surface area contributed by atoms with Gasteiger partial charge in [0.15, 0.2) is 5.75 Å². The number of benzene rings is 3. The molecule has 0 bridgehead atoms. The minimum absolute atomic E-state index is 0.0115. The summed E-state index contributed by atoms with van der Waals surface area (Å²) in [4.78, 5) is 27.9. The van der Waals surface area contributed by atoms with Crippen molar-refractivity contribution in [3.8, 4) is 11.5 Å². The molecule has 1 N–H and O–H groups in total. The SMILES string of the molecule is COc1c(Cl)cc(/C(O)=C2\C(=O)C(=O)N(c3ccc(OC(C)C)cc3)C2c2ccccc2)cc1Cl. The van der Waals surface area contributed by atoms with Crippen molar-refractivity contribution in [2.75, 3.05) is 12.0 Å². The standard InChI is InChI=1S/C27H23Cl2NO5/c1-15(2)35-19-11-9-18(10-12-19)30-23(16-7-5-4-6-8-16)22(25(32)27(30)33)24(31)17-13-20(28)26(34-3)21(29)14-17/h4-15,23,31H,1-3H3/b24-22+. The number of nitrogens with zero attached hydrogens (tertiary/aromatic N) is 1. The van der Waals surface area contributed by atoms with E-state index in [4.69, 9.17) is 32.7 Å². The molecule has 1 unspecified atom stereocenters. The third kappa shape index (κ3) is 4.72. The molecular weight excluding hydrogens is 489 g/mol. The molecule has 1 atom stereocenters. The van der Waals surface area contributed by atoms with Crippen LogP contribution in [0.3, 0.4) is 0 Å². The van der Waals surface area contributed by atoms with Gasteiger partial charge in [0.2, 0.25) is 0 Å². The van der Waals surface area contributed by atoms with Crippen molar-refractivity contribution in [1.29, 1.82) is 0 Å². The Labute approximate surface area is 213 Å². The molecule has 3 aromatic carbocycles. The van der Waals surface area contributed by atoms with Crippen LogP contribution in [-0.2, 0) is 9.59 Å². The monoisotopic (exact) mass is 511 g/mol. The molecule has 8 heteroatoms. The first kappa shape index (κ1) is 24.6. The van der Waals surface area contributed by atoms with Gasteiger partial charge in [-0.05, 0) is 55.8 Å². The summed E-state index contributed by atoms with van der Waals surface area (Å²) in [6.07, 6.45) is -0.0115. The van der Waals surface area contributed by atoms with Crippen LogP contribution in [0.4, 0.5) is 5.69 Å². The highest BCUT2D eigenvalue weighted by Gasteiger charge is 2.47. The van der Waals surface area contributed by atoms with Gasteiger partial charge in [-0.3, -0.25) is 14.5 Å². The van der Waals surface area contributed by atoms with Crippen molar-refractivity contribution in [3.05, 3.63) is 93.5 Å². The Kier molecular flexibility index (Phi) is 7.05. The molecule has 0 aliphatic carbocycles. The van der Waals surface area contributed by atoms with Crippen LogP contribution in [0.1, 0.15) is 31.0 Å². The Balaban J connectivity index is 1.88. The van der Waals surface area contributed by atoms with E-state index in [2.05, 4.69) is 0 Å². The van der Waals surface area contributed by atoms with Crippen molar-refractivity contribution in [3.63, 3.8) is 0 Å². The maximum atomic E-state index is 13.3. The summed E-state index contributed by atoms with van der Waals surface area (Å²) in [5, 5.41) is 11.6. The normalized spacial score (nSPS) is 17.2. The lowest BCUT2D eigenvalue weighted by atomic mass is 9.95. The first-order valence-electron chi connectivity index (χ1n) is 10.9. The van der Waals surface area contributed by atoms with Crippen LogP contribution in [0.25, 0.3) is 5.76 Å². The number of hydrogen-bond acceptors (Lipinski definition) is 5. The van der Waals surface area contributed by atoms with Gasteiger partial charge in [0.05, 0.1) is 34.9 Å². The van der Waals surface area contributed by atoms with Gasteiger partial charge in [-0.2, -0.15) is 0 Å². The number of anilines is 1. The number of halogens is 2. The van der Waals surface area contributed by atoms with E-state index in [-0.39, 0.29) is 38.8 Å². The molecule has 1 heterocycles. The fourth-order valence-electron chi connectivity index (χ4n) is 4.05. The summed E-state index contributed by atoms with van der Waals surface area (Å²) in [6, 6.07) is 17.9. The number of amides is 1. The molecule has 0 aromatic heterocycles. The molecule has 1 amide bonds. The van der Waals surface area contributed by atoms with Crippen LogP contribution in [-0.4, -0.2) is 30.0 Å². The molecule has 6 nitrogen and oxygen atoms in total. The number of carbonyl (C=O) groups excluding carboxylic acids is 2. The number of Topliss-reactive ketones (excluding diaryl/α,β-unsaturated/α-hetero) is 1. The summed E-state index contributed by atoms with van der Waals surface area (Å²) >= 11 is 12.5. The van der Waals surface area contributed by atoms with Crippen LogP contribution in [0.2, 0.25) is 10.0 Å². The van der Waals surface area contributed by atoms with Gasteiger partial charge in [-0.25, -0.2) is 0 Å². The minimum Gasteiger partial charge on any atom is -0.507 e. The second-order valence-electron chi connectivity index (χ2n) is 8.21. The summed E-state index contributed by atoms with van der Waals surface area (Å²) in [5.74, 6) is -1.08. The number of methoxy groups -OCH3 is 1. The maximum absolute atomic E-state index is 13.3. The average Bonchev–Trinajstić information content (AvgIpc) is 3.09. The van der Waals surface area contributed by atoms with E-state index in [1.165, 1.54) is 24.1 Å². The van der Waals surface area contributed by atoms with E-state index in [0.717, 1.165) is 0 Å². The lowest BCUT2D eigenvalue weighted by Crippen LogP contribution is -2.29. The summed E-state index contributed by atoms with van der Waals surface area (Å²) in [7, 11) is 1.42. The topological polar surface area (TPSA) is 76.1 Å². The van der Waals surface area contributed by atoms with Gasteiger partial charge in [0.1, 0.15) is 11.5 Å². The Bertz CT molecular complexity index is 1280. The largest absolute Gasteiger partial charge is 0.507 e. The van der Waals surface area contributed by atoms with Gasteiger partial charge in [0.25, 0.3) is 11.7 Å². The number of aliphatic hydroxyl groups excluding tert-OH is 1. The first-order valence-corrected chi connectivity index (χ1v) is 11.6. The van der Waals surface area contributed by atoms with Crippen molar-refractivity contribution in [2.45, 2.75) is 26.0 Å². The quantitative estimate of drug-likeness (QED) is 0.235. The number of ether oxygens (including phenoxy) is 2. The van der Waals surface area contributed by atoms with Gasteiger partial charge in [-0.1, -0.05) is 53.5 Å². The molecule has 0 saturated carbocycles. The van der Waals surface area contributed by atoms with Crippen molar-refractivity contribution < 1.29 is 24.2 Å². The molecule has 180 valence electrons. The van der Waals surface area contributed by atoms with E-state index >= 15 is 0 Å². The number of ketones is 1. The van der Waals surface area contributed by atoms with Crippen LogP contribution >= 0.6 is 23.2 Å². The van der Waals surface area contributed by atoms with Crippen molar-refractivity contribution >= 4 is 46.3 Å². The van der Waals surface area contributed by atoms with Crippen LogP contribution in [0.15, 0.2) is 72.3 Å². The van der Waals surface area contributed by atoms with E-state index in [0.29, 0.717) is 17.0 Å². The zero-order valence-electron chi connectivity index (χ0n) is 19.3. The maximum Gasteiger partial charge on any atom is 0.300 e.